The molecular formula is C17H18N4. The molecule has 1 aromatic carbocycles. The van der Waals surface area contributed by atoms with Gasteiger partial charge in [0.2, 0.25) is 0 Å². The van der Waals surface area contributed by atoms with E-state index in [4.69, 9.17) is 5.73 Å². The van der Waals surface area contributed by atoms with E-state index in [0.717, 1.165) is 17.1 Å². The number of hydrogen-bond donors (Lipinski definition) is 1. The molecule has 4 heteroatoms. The van der Waals surface area contributed by atoms with E-state index in [0.29, 0.717) is 0 Å². The monoisotopic (exact) mass is 278 g/mol. The Labute approximate surface area is 124 Å². The van der Waals surface area contributed by atoms with Crippen molar-refractivity contribution in [3.63, 3.8) is 0 Å². The van der Waals surface area contributed by atoms with Crippen LogP contribution in [0.5, 0.6) is 0 Å². The highest BCUT2D eigenvalue weighted by molar-refractivity contribution is 5.55. The molecule has 0 saturated carbocycles. The molecule has 2 aromatic heterocycles. The van der Waals surface area contributed by atoms with Crippen LogP contribution in [0.4, 0.5) is 0 Å². The number of nitrogens with two attached hydrogens (primary N) is 1. The summed E-state index contributed by atoms with van der Waals surface area (Å²) < 4.78 is 2.10. The maximum absolute atomic E-state index is 6.22. The average Bonchev–Trinajstić information content (AvgIpc) is 2.98. The van der Waals surface area contributed by atoms with Crippen LogP contribution in [0.1, 0.15) is 18.7 Å². The number of rotatable bonds is 4. The summed E-state index contributed by atoms with van der Waals surface area (Å²) in [5.41, 5.74) is 8.24. The van der Waals surface area contributed by atoms with E-state index in [2.05, 4.69) is 26.7 Å². The first-order chi connectivity index (χ1) is 10.3. The Bertz CT molecular complexity index is 689. The van der Waals surface area contributed by atoms with Gasteiger partial charge in [0.05, 0.1) is 11.7 Å². The van der Waals surface area contributed by atoms with Crippen molar-refractivity contribution >= 4 is 0 Å². The third-order valence-corrected chi connectivity index (χ3v) is 3.49. The van der Waals surface area contributed by atoms with Crippen LogP contribution < -0.4 is 5.73 Å². The van der Waals surface area contributed by atoms with Crippen LogP contribution in [0, 0.1) is 0 Å². The van der Waals surface area contributed by atoms with Gasteiger partial charge in [-0.05, 0) is 19.1 Å². The highest BCUT2D eigenvalue weighted by Gasteiger charge is 2.22. The molecule has 0 spiro atoms. The van der Waals surface area contributed by atoms with Crippen LogP contribution in [0.2, 0.25) is 0 Å². The molecule has 21 heavy (non-hydrogen) atoms. The molecule has 0 aliphatic carbocycles. The van der Waals surface area contributed by atoms with E-state index >= 15 is 0 Å². The minimum atomic E-state index is -0.0726. The lowest BCUT2D eigenvalue weighted by Crippen LogP contribution is -2.31. The third kappa shape index (κ3) is 2.71. The minimum Gasteiger partial charge on any atom is -0.326 e. The van der Waals surface area contributed by atoms with Crippen LogP contribution in [0.15, 0.2) is 67.1 Å². The van der Waals surface area contributed by atoms with Crippen molar-refractivity contribution in [2.75, 3.05) is 0 Å². The first kappa shape index (κ1) is 13.5. The lowest BCUT2D eigenvalue weighted by molar-refractivity contribution is 0.489. The second kappa shape index (κ2) is 5.89. The SMILES string of the molecule is CC(N)C(c1ccccn1)n1ccnc1-c1ccccc1. The number of pyridine rings is 1. The zero-order valence-corrected chi connectivity index (χ0v) is 11.9. The number of benzene rings is 1. The quantitative estimate of drug-likeness (QED) is 0.798. The topological polar surface area (TPSA) is 56.7 Å². The lowest BCUT2D eigenvalue weighted by atomic mass is 10.1. The molecule has 3 rings (SSSR count). The number of imidazole rings is 1. The van der Waals surface area contributed by atoms with E-state index in [9.17, 15) is 0 Å². The van der Waals surface area contributed by atoms with Gasteiger partial charge in [0.25, 0.3) is 0 Å². The Hall–Kier alpha value is -2.46. The predicted molar refractivity (Wildman–Crippen MR) is 83.7 cm³/mol. The number of aromatic nitrogens is 3. The second-order valence-electron chi connectivity index (χ2n) is 5.08. The smallest absolute Gasteiger partial charge is 0.140 e. The van der Waals surface area contributed by atoms with Gasteiger partial charge >= 0.3 is 0 Å². The van der Waals surface area contributed by atoms with Gasteiger partial charge in [-0.3, -0.25) is 4.98 Å². The largest absolute Gasteiger partial charge is 0.326 e. The van der Waals surface area contributed by atoms with Crippen LogP contribution in [-0.2, 0) is 0 Å². The molecule has 2 heterocycles. The van der Waals surface area contributed by atoms with Crippen LogP contribution in [0.3, 0.4) is 0 Å². The summed E-state index contributed by atoms with van der Waals surface area (Å²) >= 11 is 0. The normalized spacial score (nSPS) is 13.8. The molecule has 3 aromatic rings. The van der Waals surface area contributed by atoms with Gasteiger partial charge in [0.15, 0.2) is 0 Å². The molecule has 0 bridgehead atoms. The van der Waals surface area contributed by atoms with E-state index in [1.165, 1.54) is 0 Å². The third-order valence-electron chi connectivity index (χ3n) is 3.49. The summed E-state index contributed by atoms with van der Waals surface area (Å²) in [6.45, 7) is 1.99. The molecular weight excluding hydrogens is 260 g/mol. The minimum absolute atomic E-state index is 0.0380. The van der Waals surface area contributed by atoms with Crippen LogP contribution in [0.25, 0.3) is 11.4 Å². The fourth-order valence-corrected chi connectivity index (χ4v) is 2.56. The summed E-state index contributed by atoms with van der Waals surface area (Å²) in [6, 6.07) is 15.9. The van der Waals surface area contributed by atoms with Gasteiger partial charge in [-0.25, -0.2) is 4.98 Å². The first-order valence-electron chi connectivity index (χ1n) is 7.02. The highest BCUT2D eigenvalue weighted by Crippen LogP contribution is 2.26. The van der Waals surface area contributed by atoms with Crippen molar-refractivity contribution in [2.24, 2.45) is 5.73 Å². The summed E-state index contributed by atoms with van der Waals surface area (Å²) in [5, 5.41) is 0. The Morgan fingerprint density at radius 3 is 2.38 bits per heavy atom. The molecule has 2 atom stereocenters. The molecule has 0 radical (unpaired) electrons. The lowest BCUT2D eigenvalue weighted by Gasteiger charge is -2.24. The molecule has 0 aliphatic rings. The van der Waals surface area contributed by atoms with Crippen molar-refractivity contribution in [3.8, 4) is 11.4 Å². The zero-order chi connectivity index (χ0) is 14.7. The Morgan fingerprint density at radius 2 is 1.71 bits per heavy atom. The van der Waals surface area contributed by atoms with E-state index in [-0.39, 0.29) is 12.1 Å². The molecule has 106 valence electrons. The fraction of sp³-hybridized carbons (Fsp3) is 0.176. The maximum atomic E-state index is 6.22. The Morgan fingerprint density at radius 1 is 0.952 bits per heavy atom. The van der Waals surface area contributed by atoms with Gasteiger partial charge < -0.3 is 10.3 Å². The summed E-state index contributed by atoms with van der Waals surface area (Å²) in [6.07, 6.45) is 5.57. The van der Waals surface area contributed by atoms with Crippen molar-refractivity contribution in [1.82, 2.24) is 14.5 Å². The van der Waals surface area contributed by atoms with Crippen molar-refractivity contribution in [3.05, 3.63) is 72.8 Å². The van der Waals surface area contributed by atoms with Gasteiger partial charge in [-0.15, -0.1) is 0 Å². The molecule has 0 amide bonds. The zero-order valence-electron chi connectivity index (χ0n) is 11.9. The predicted octanol–water partition coefficient (Wildman–Crippen LogP) is 2.88. The van der Waals surface area contributed by atoms with E-state index in [1.807, 2.05) is 49.5 Å². The highest BCUT2D eigenvalue weighted by atomic mass is 15.1. The Balaban J connectivity index is 2.09. The van der Waals surface area contributed by atoms with E-state index in [1.54, 1.807) is 12.4 Å². The number of hydrogen-bond acceptors (Lipinski definition) is 3. The van der Waals surface area contributed by atoms with Gasteiger partial charge in [0.1, 0.15) is 5.82 Å². The van der Waals surface area contributed by atoms with Crippen molar-refractivity contribution in [2.45, 2.75) is 19.0 Å². The van der Waals surface area contributed by atoms with Gasteiger partial charge in [-0.1, -0.05) is 36.4 Å². The molecule has 2 N–H and O–H groups in total. The molecule has 0 saturated heterocycles. The van der Waals surface area contributed by atoms with Gasteiger partial charge in [-0.2, -0.15) is 0 Å². The molecule has 2 unspecified atom stereocenters. The molecule has 4 nitrogen and oxygen atoms in total. The first-order valence-corrected chi connectivity index (χ1v) is 7.02. The standard InChI is InChI=1S/C17H18N4/c1-13(18)16(15-9-5-6-10-19-15)21-12-11-20-17(21)14-7-3-2-4-8-14/h2-13,16H,18H2,1H3. The van der Waals surface area contributed by atoms with Crippen LogP contribution in [-0.4, -0.2) is 20.6 Å². The van der Waals surface area contributed by atoms with Gasteiger partial charge in [0, 0.05) is 30.2 Å². The summed E-state index contributed by atoms with van der Waals surface area (Å²) in [7, 11) is 0. The number of nitrogens with zero attached hydrogens (tertiary/aromatic N) is 3. The van der Waals surface area contributed by atoms with Crippen molar-refractivity contribution in [1.29, 1.82) is 0 Å². The Kier molecular flexibility index (Phi) is 3.79. The maximum Gasteiger partial charge on any atom is 0.140 e. The molecule has 0 aliphatic heterocycles. The fourth-order valence-electron chi connectivity index (χ4n) is 2.56. The van der Waals surface area contributed by atoms with Crippen molar-refractivity contribution < 1.29 is 0 Å². The summed E-state index contributed by atoms with van der Waals surface area (Å²) in [5.74, 6) is 0.906. The van der Waals surface area contributed by atoms with Crippen LogP contribution >= 0.6 is 0 Å². The molecule has 0 fully saturated rings. The average molecular weight is 278 g/mol. The van der Waals surface area contributed by atoms with E-state index < -0.39 is 0 Å². The summed E-state index contributed by atoms with van der Waals surface area (Å²) in [4.78, 5) is 8.96. The second-order valence-corrected chi connectivity index (χ2v) is 5.08.